The van der Waals surface area contributed by atoms with Gasteiger partial charge in [0.25, 0.3) is 0 Å². The molecule has 154 valence electrons. The zero-order valence-corrected chi connectivity index (χ0v) is 19.5. The van der Waals surface area contributed by atoms with Crippen LogP contribution < -0.4 is 10.6 Å². The van der Waals surface area contributed by atoms with Crippen LogP contribution in [0.5, 0.6) is 0 Å². The third-order valence-electron chi connectivity index (χ3n) is 4.11. The van der Waals surface area contributed by atoms with E-state index in [4.69, 9.17) is 4.74 Å². The van der Waals surface area contributed by atoms with E-state index in [9.17, 15) is 4.79 Å². The van der Waals surface area contributed by atoms with Gasteiger partial charge in [-0.3, -0.25) is 14.7 Å². The number of benzene rings is 1. The number of esters is 1. The molecule has 0 aliphatic heterocycles. The van der Waals surface area contributed by atoms with E-state index < -0.39 is 0 Å². The molecular weight excluding hydrogens is 455 g/mol. The van der Waals surface area contributed by atoms with Gasteiger partial charge in [0.1, 0.15) is 0 Å². The van der Waals surface area contributed by atoms with Gasteiger partial charge in [0.15, 0.2) is 5.96 Å². The van der Waals surface area contributed by atoms with Crippen LogP contribution in [0.1, 0.15) is 45.7 Å². The third kappa shape index (κ3) is 9.95. The minimum Gasteiger partial charge on any atom is -0.463 e. The van der Waals surface area contributed by atoms with Crippen molar-refractivity contribution in [1.82, 2.24) is 15.5 Å². The van der Waals surface area contributed by atoms with Crippen molar-refractivity contribution in [2.75, 3.05) is 33.2 Å². The summed E-state index contributed by atoms with van der Waals surface area (Å²) in [5.74, 6) is 0.490. The molecule has 0 radical (unpaired) electrons. The predicted molar refractivity (Wildman–Crippen MR) is 123 cm³/mol. The number of halogens is 1. The van der Waals surface area contributed by atoms with Crippen molar-refractivity contribution in [3.63, 3.8) is 0 Å². The normalized spacial score (nSPS) is 12.5. The first-order chi connectivity index (χ1) is 12.5. The molecule has 1 aromatic carbocycles. The highest BCUT2D eigenvalue weighted by Crippen LogP contribution is 2.19. The lowest BCUT2D eigenvalue weighted by molar-refractivity contribution is -0.147. The molecule has 0 aliphatic carbocycles. The highest BCUT2D eigenvalue weighted by Gasteiger charge is 2.18. The molecule has 0 saturated heterocycles. The van der Waals surface area contributed by atoms with E-state index in [1.165, 1.54) is 5.56 Å². The van der Waals surface area contributed by atoms with Gasteiger partial charge in [0.05, 0.1) is 18.6 Å². The number of likely N-dealkylation sites (N-methyl/N-ethyl adjacent to an activating group) is 1. The fourth-order valence-electron chi connectivity index (χ4n) is 2.82. The SMILES string of the molecule is CCN(CC)C(CNC(=NC)NCCC(=O)OC(C)C)c1ccccc1.I. The lowest BCUT2D eigenvalue weighted by atomic mass is 10.1. The Kier molecular flexibility index (Phi) is 13.9. The molecule has 1 unspecified atom stereocenters. The molecule has 1 aromatic rings. The average molecular weight is 490 g/mol. The molecule has 0 aromatic heterocycles. The number of nitrogens with one attached hydrogen (secondary N) is 2. The van der Waals surface area contributed by atoms with Gasteiger partial charge in [-0.1, -0.05) is 44.2 Å². The summed E-state index contributed by atoms with van der Waals surface area (Å²) in [6, 6.07) is 10.7. The second kappa shape index (κ2) is 14.7. The van der Waals surface area contributed by atoms with E-state index in [2.05, 4.69) is 58.6 Å². The fraction of sp³-hybridized carbons (Fsp3) is 0.600. The van der Waals surface area contributed by atoms with Crippen LogP contribution in [0.2, 0.25) is 0 Å². The molecule has 7 heteroatoms. The van der Waals surface area contributed by atoms with E-state index in [0.717, 1.165) is 19.6 Å². The van der Waals surface area contributed by atoms with Crippen LogP contribution in [-0.4, -0.2) is 56.2 Å². The average Bonchev–Trinajstić information content (AvgIpc) is 2.63. The van der Waals surface area contributed by atoms with Crippen LogP contribution in [0.4, 0.5) is 0 Å². The van der Waals surface area contributed by atoms with Gasteiger partial charge in [-0.25, -0.2) is 0 Å². The van der Waals surface area contributed by atoms with Gasteiger partial charge in [-0.15, -0.1) is 24.0 Å². The predicted octanol–water partition coefficient (Wildman–Crippen LogP) is 3.19. The summed E-state index contributed by atoms with van der Waals surface area (Å²) >= 11 is 0. The molecule has 0 bridgehead atoms. The number of hydrogen-bond acceptors (Lipinski definition) is 4. The number of carbonyl (C=O) groups is 1. The van der Waals surface area contributed by atoms with Crippen molar-refractivity contribution in [2.24, 2.45) is 4.99 Å². The Labute approximate surface area is 181 Å². The molecule has 1 rings (SSSR count). The number of aliphatic imine (C=N–C) groups is 1. The van der Waals surface area contributed by atoms with Gasteiger partial charge in [0, 0.05) is 20.1 Å². The summed E-state index contributed by atoms with van der Waals surface area (Å²) in [5.41, 5.74) is 1.28. The molecular formula is C20H35IN4O2. The van der Waals surface area contributed by atoms with Gasteiger partial charge in [-0.2, -0.15) is 0 Å². The highest BCUT2D eigenvalue weighted by molar-refractivity contribution is 14.0. The maximum atomic E-state index is 11.6. The minimum atomic E-state index is -0.201. The van der Waals surface area contributed by atoms with Gasteiger partial charge in [-0.05, 0) is 32.5 Å². The molecule has 0 heterocycles. The van der Waals surface area contributed by atoms with Crippen molar-refractivity contribution in [2.45, 2.75) is 46.3 Å². The second-order valence-corrected chi connectivity index (χ2v) is 6.32. The zero-order chi connectivity index (χ0) is 19.4. The Morgan fingerprint density at radius 1 is 1.15 bits per heavy atom. The molecule has 0 aliphatic rings. The van der Waals surface area contributed by atoms with E-state index in [0.29, 0.717) is 18.9 Å². The maximum Gasteiger partial charge on any atom is 0.307 e. The van der Waals surface area contributed by atoms with Crippen LogP contribution in [0, 0.1) is 0 Å². The van der Waals surface area contributed by atoms with E-state index in [1.54, 1.807) is 7.05 Å². The zero-order valence-electron chi connectivity index (χ0n) is 17.2. The fourth-order valence-corrected chi connectivity index (χ4v) is 2.82. The van der Waals surface area contributed by atoms with Crippen molar-refractivity contribution in [1.29, 1.82) is 0 Å². The van der Waals surface area contributed by atoms with Crippen LogP contribution in [-0.2, 0) is 9.53 Å². The molecule has 2 N–H and O–H groups in total. The van der Waals surface area contributed by atoms with Crippen LogP contribution in [0.15, 0.2) is 35.3 Å². The Hall–Kier alpha value is -1.35. The molecule has 27 heavy (non-hydrogen) atoms. The summed E-state index contributed by atoms with van der Waals surface area (Å²) in [7, 11) is 1.73. The Bertz CT molecular complexity index is 548. The summed E-state index contributed by atoms with van der Waals surface area (Å²) in [6.45, 7) is 11.2. The number of guanidine groups is 1. The summed E-state index contributed by atoms with van der Waals surface area (Å²) < 4.78 is 5.14. The van der Waals surface area contributed by atoms with Gasteiger partial charge < -0.3 is 15.4 Å². The summed E-state index contributed by atoms with van der Waals surface area (Å²) in [4.78, 5) is 18.3. The van der Waals surface area contributed by atoms with Crippen LogP contribution in [0.3, 0.4) is 0 Å². The highest BCUT2D eigenvalue weighted by atomic mass is 127. The lowest BCUT2D eigenvalue weighted by Crippen LogP contribution is -2.43. The number of carbonyl (C=O) groups excluding carboxylic acids is 1. The largest absolute Gasteiger partial charge is 0.463 e. The summed E-state index contributed by atoms with van der Waals surface area (Å²) in [5, 5.41) is 6.55. The molecule has 0 fully saturated rings. The number of rotatable bonds is 10. The monoisotopic (exact) mass is 490 g/mol. The first-order valence-electron chi connectivity index (χ1n) is 9.44. The minimum absolute atomic E-state index is 0. The molecule has 1 atom stereocenters. The topological polar surface area (TPSA) is 66.0 Å². The van der Waals surface area contributed by atoms with Crippen LogP contribution in [0.25, 0.3) is 0 Å². The van der Waals surface area contributed by atoms with Gasteiger partial charge >= 0.3 is 5.97 Å². The van der Waals surface area contributed by atoms with E-state index in [1.807, 2.05) is 19.9 Å². The number of hydrogen-bond donors (Lipinski definition) is 2. The quantitative estimate of drug-likeness (QED) is 0.228. The van der Waals surface area contributed by atoms with Crippen molar-refractivity contribution >= 4 is 35.9 Å². The molecule has 6 nitrogen and oxygen atoms in total. The maximum absolute atomic E-state index is 11.6. The Morgan fingerprint density at radius 3 is 2.30 bits per heavy atom. The molecule has 0 saturated carbocycles. The first-order valence-corrected chi connectivity index (χ1v) is 9.44. The Balaban J connectivity index is 0.00000676. The van der Waals surface area contributed by atoms with E-state index >= 15 is 0 Å². The lowest BCUT2D eigenvalue weighted by Gasteiger charge is -2.30. The second-order valence-electron chi connectivity index (χ2n) is 6.32. The number of ether oxygens (including phenoxy) is 1. The molecule has 0 spiro atoms. The van der Waals surface area contributed by atoms with Crippen molar-refractivity contribution in [3.8, 4) is 0 Å². The van der Waals surface area contributed by atoms with Gasteiger partial charge in [0.2, 0.25) is 0 Å². The van der Waals surface area contributed by atoms with Crippen molar-refractivity contribution in [3.05, 3.63) is 35.9 Å². The number of nitrogens with zero attached hydrogens (tertiary/aromatic N) is 2. The Morgan fingerprint density at radius 2 is 1.78 bits per heavy atom. The first kappa shape index (κ1) is 25.6. The van der Waals surface area contributed by atoms with E-state index in [-0.39, 0.29) is 42.1 Å². The molecule has 0 amide bonds. The summed E-state index contributed by atoms with van der Waals surface area (Å²) in [6.07, 6.45) is 0.234. The third-order valence-corrected chi connectivity index (χ3v) is 4.11. The standard InChI is InChI=1S/C20H34N4O2.HI/c1-6-24(7-2)18(17-11-9-8-10-12-17)15-23-20(21-5)22-14-13-19(25)26-16(3)4;/h8-12,16,18H,6-7,13-15H2,1-5H3,(H2,21,22,23);1H. The van der Waals surface area contributed by atoms with Crippen LogP contribution >= 0.6 is 24.0 Å². The van der Waals surface area contributed by atoms with Crippen molar-refractivity contribution < 1.29 is 9.53 Å². The smallest absolute Gasteiger partial charge is 0.307 e.